The Hall–Kier alpha value is -4.05. The van der Waals surface area contributed by atoms with Crippen molar-refractivity contribution in [3.8, 4) is 11.4 Å². The molecule has 0 spiro atoms. The molecule has 0 radical (unpaired) electrons. The van der Waals surface area contributed by atoms with Crippen molar-refractivity contribution in [2.24, 2.45) is 0 Å². The van der Waals surface area contributed by atoms with Crippen LogP contribution in [-0.2, 0) is 17.5 Å². The summed E-state index contributed by atoms with van der Waals surface area (Å²) in [6.07, 6.45) is -4.52. The van der Waals surface area contributed by atoms with Crippen LogP contribution in [0.4, 0.5) is 13.2 Å². The Bertz CT molecular complexity index is 1610. The number of hydrogen-bond acceptors (Lipinski definition) is 4. The zero-order chi connectivity index (χ0) is 26.9. The predicted molar refractivity (Wildman–Crippen MR) is 133 cm³/mol. The molecule has 4 aromatic rings. The number of rotatable bonds is 6. The van der Waals surface area contributed by atoms with Crippen LogP contribution in [0.15, 0.2) is 76.3 Å². The number of methoxy groups -OCH3 is 1. The molecule has 0 saturated carbocycles. The Morgan fingerprint density at radius 3 is 2.49 bits per heavy atom. The summed E-state index contributed by atoms with van der Waals surface area (Å²) in [7, 11) is 1.40. The first-order chi connectivity index (χ1) is 17.5. The molecule has 192 valence electrons. The largest absolute Gasteiger partial charge is 0.495 e. The van der Waals surface area contributed by atoms with E-state index in [9.17, 15) is 27.6 Å². The quantitative estimate of drug-likeness (QED) is 0.391. The number of fused-ring (bicyclic) bond motifs is 1. The lowest BCUT2D eigenvalue weighted by Gasteiger charge is -2.20. The molecule has 0 aliphatic rings. The van der Waals surface area contributed by atoms with Crippen LogP contribution in [0.25, 0.3) is 16.6 Å². The fraction of sp³-hybridized carbons (Fsp3) is 0.192. The van der Waals surface area contributed by atoms with E-state index in [1.807, 2.05) is 0 Å². The van der Waals surface area contributed by atoms with Crippen LogP contribution in [0.5, 0.6) is 5.75 Å². The monoisotopic (exact) mass is 531 g/mol. The molecular formula is C26H21ClF3N3O4. The van der Waals surface area contributed by atoms with Crippen LogP contribution in [0, 0.1) is 0 Å². The SMILES string of the molecule is COc1ccccc1-n1c(=O)c2ccc(Cl)cc2n(C(C)C(=O)NCc2cccc(C(F)(F)F)c2)c1=O. The molecule has 4 rings (SSSR count). The Morgan fingerprint density at radius 1 is 1.05 bits per heavy atom. The van der Waals surface area contributed by atoms with Crippen molar-refractivity contribution in [1.29, 1.82) is 0 Å². The van der Waals surface area contributed by atoms with Gasteiger partial charge < -0.3 is 10.1 Å². The van der Waals surface area contributed by atoms with E-state index in [0.717, 1.165) is 21.3 Å². The van der Waals surface area contributed by atoms with Crippen LogP contribution in [0.3, 0.4) is 0 Å². The molecule has 0 bridgehead atoms. The molecule has 1 unspecified atom stereocenters. The number of benzene rings is 3. The Labute approximate surface area is 213 Å². The first kappa shape index (κ1) is 26.0. The van der Waals surface area contributed by atoms with E-state index in [1.54, 1.807) is 18.2 Å². The molecule has 1 heterocycles. The van der Waals surface area contributed by atoms with Gasteiger partial charge in [-0.3, -0.25) is 14.2 Å². The Morgan fingerprint density at radius 2 is 1.78 bits per heavy atom. The van der Waals surface area contributed by atoms with Crippen LogP contribution in [-0.4, -0.2) is 22.2 Å². The van der Waals surface area contributed by atoms with Gasteiger partial charge in [0.2, 0.25) is 5.91 Å². The lowest BCUT2D eigenvalue weighted by Crippen LogP contribution is -2.43. The number of hydrogen-bond donors (Lipinski definition) is 1. The van der Waals surface area contributed by atoms with Crippen LogP contribution in [0.2, 0.25) is 5.02 Å². The number of carbonyl (C=O) groups is 1. The van der Waals surface area contributed by atoms with Crippen molar-refractivity contribution < 1.29 is 22.7 Å². The molecule has 1 N–H and O–H groups in total. The number of para-hydroxylation sites is 2. The summed E-state index contributed by atoms with van der Waals surface area (Å²) in [6.45, 7) is 1.24. The lowest BCUT2D eigenvalue weighted by atomic mass is 10.1. The van der Waals surface area contributed by atoms with Crippen LogP contribution < -0.4 is 21.3 Å². The van der Waals surface area contributed by atoms with E-state index in [1.165, 1.54) is 50.4 Å². The second kappa shape index (κ2) is 10.1. The van der Waals surface area contributed by atoms with Gasteiger partial charge in [0.25, 0.3) is 5.56 Å². The highest BCUT2D eigenvalue weighted by atomic mass is 35.5. The third-order valence-electron chi connectivity index (χ3n) is 5.86. The smallest absolute Gasteiger partial charge is 0.416 e. The molecule has 1 atom stereocenters. The van der Waals surface area contributed by atoms with Crippen molar-refractivity contribution >= 4 is 28.4 Å². The van der Waals surface area contributed by atoms with E-state index in [-0.39, 0.29) is 39.5 Å². The zero-order valence-electron chi connectivity index (χ0n) is 19.7. The van der Waals surface area contributed by atoms with Gasteiger partial charge in [-0.05, 0) is 55.0 Å². The maximum atomic E-state index is 13.7. The third-order valence-corrected chi connectivity index (χ3v) is 6.10. The molecule has 3 aromatic carbocycles. The standard InChI is InChI=1S/C26H21ClF3N3O4/c1-15(23(34)31-14-16-6-5-7-17(12-16)26(28,29)30)32-21-13-18(27)10-11-19(21)24(35)33(25(32)36)20-8-3-4-9-22(20)37-2/h3-13,15H,14H2,1-2H3,(H,31,34). The molecule has 7 nitrogen and oxygen atoms in total. The number of aromatic nitrogens is 2. The summed E-state index contributed by atoms with van der Waals surface area (Å²) in [4.78, 5) is 40.1. The van der Waals surface area contributed by atoms with Crippen LogP contribution in [0.1, 0.15) is 24.1 Å². The molecule has 37 heavy (non-hydrogen) atoms. The van der Waals surface area contributed by atoms with Crippen LogP contribution >= 0.6 is 11.6 Å². The maximum Gasteiger partial charge on any atom is 0.416 e. The predicted octanol–water partition coefficient (Wildman–Crippen LogP) is 4.71. The van der Waals surface area contributed by atoms with Crippen molar-refractivity contribution in [3.63, 3.8) is 0 Å². The fourth-order valence-corrected chi connectivity index (χ4v) is 4.18. The van der Waals surface area contributed by atoms with Crippen molar-refractivity contribution in [3.05, 3.63) is 104 Å². The molecule has 1 amide bonds. The van der Waals surface area contributed by atoms with E-state index < -0.39 is 34.9 Å². The molecule has 0 aliphatic heterocycles. The van der Waals surface area contributed by atoms with Gasteiger partial charge in [0.15, 0.2) is 0 Å². The average molecular weight is 532 g/mol. The van der Waals surface area contributed by atoms with Crippen molar-refractivity contribution in [2.45, 2.75) is 25.7 Å². The minimum atomic E-state index is -4.52. The van der Waals surface area contributed by atoms with E-state index in [2.05, 4.69) is 5.32 Å². The highest BCUT2D eigenvalue weighted by Gasteiger charge is 2.30. The topological polar surface area (TPSA) is 82.3 Å². The number of ether oxygens (including phenoxy) is 1. The van der Waals surface area contributed by atoms with E-state index >= 15 is 0 Å². The summed E-state index contributed by atoms with van der Waals surface area (Å²) >= 11 is 6.14. The zero-order valence-corrected chi connectivity index (χ0v) is 20.4. The van der Waals surface area contributed by atoms with E-state index in [0.29, 0.717) is 0 Å². The molecule has 0 fully saturated rings. The van der Waals surface area contributed by atoms with Crippen molar-refractivity contribution in [1.82, 2.24) is 14.5 Å². The molecule has 0 aliphatic carbocycles. The maximum absolute atomic E-state index is 13.7. The molecule has 0 saturated heterocycles. The van der Waals surface area contributed by atoms with Gasteiger partial charge in [-0.2, -0.15) is 13.2 Å². The van der Waals surface area contributed by atoms with Gasteiger partial charge >= 0.3 is 11.9 Å². The lowest BCUT2D eigenvalue weighted by molar-refractivity contribution is -0.137. The van der Waals surface area contributed by atoms with E-state index in [4.69, 9.17) is 16.3 Å². The fourth-order valence-electron chi connectivity index (χ4n) is 4.02. The average Bonchev–Trinajstić information content (AvgIpc) is 2.87. The van der Waals surface area contributed by atoms with Crippen molar-refractivity contribution in [2.75, 3.05) is 7.11 Å². The number of halogens is 4. The van der Waals surface area contributed by atoms with Gasteiger partial charge in [-0.15, -0.1) is 0 Å². The second-order valence-electron chi connectivity index (χ2n) is 8.22. The molecule has 1 aromatic heterocycles. The Balaban J connectivity index is 1.79. The van der Waals surface area contributed by atoms with Gasteiger partial charge in [-0.1, -0.05) is 35.9 Å². The van der Waals surface area contributed by atoms with Gasteiger partial charge in [0.1, 0.15) is 11.8 Å². The number of carbonyl (C=O) groups excluding carboxylic acids is 1. The summed E-state index contributed by atoms with van der Waals surface area (Å²) in [6, 6.07) is 14.2. The third kappa shape index (κ3) is 5.10. The second-order valence-corrected chi connectivity index (χ2v) is 8.65. The summed E-state index contributed by atoms with van der Waals surface area (Å²) in [5.41, 5.74) is -1.74. The van der Waals surface area contributed by atoms with Gasteiger partial charge in [0.05, 0.1) is 29.3 Å². The van der Waals surface area contributed by atoms with Gasteiger partial charge in [-0.25, -0.2) is 9.36 Å². The minimum Gasteiger partial charge on any atom is -0.495 e. The highest BCUT2D eigenvalue weighted by molar-refractivity contribution is 6.31. The normalized spacial score (nSPS) is 12.4. The summed E-state index contributed by atoms with van der Waals surface area (Å²) in [5, 5.41) is 2.94. The number of alkyl halides is 3. The number of amides is 1. The first-order valence-corrected chi connectivity index (χ1v) is 11.4. The molecular weight excluding hydrogens is 511 g/mol. The molecule has 11 heteroatoms. The van der Waals surface area contributed by atoms with Gasteiger partial charge in [0, 0.05) is 11.6 Å². The minimum absolute atomic E-state index is 0.132. The Kier molecular flexibility index (Phi) is 7.13. The number of nitrogens with one attached hydrogen (secondary N) is 1. The highest BCUT2D eigenvalue weighted by Crippen LogP contribution is 2.29. The summed E-state index contributed by atoms with van der Waals surface area (Å²) < 4.78 is 46.5. The number of nitrogens with zero attached hydrogens (tertiary/aromatic N) is 2. The summed E-state index contributed by atoms with van der Waals surface area (Å²) in [5.74, 6) is -0.380. The first-order valence-electron chi connectivity index (χ1n) is 11.1.